The van der Waals surface area contributed by atoms with Crippen molar-refractivity contribution < 1.29 is 14.0 Å². The molecule has 4 nitrogen and oxygen atoms in total. The summed E-state index contributed by atoms with van der Waals surface area (Å²) in [6.07, 6.45) is 4.35. The van der Waals surface area contributed by atoms with Crippen molar-refractivity contribution in [2.45, 2.75) is 12.8 Å². The van der Waals surface area contributed by atoms with Gasteiger partial charge in [0, 0.05) is 30.4 Å². The number of hydrogen-bond acceptors (Lipinski definition) is 2. The number of rotatable bonds is 4. The number of benzene rings is 2. The van der Waals surface area contributed by atoms with Crippen molar-refractivity contribution in [1.29, 1.82) is 0 Å². The fourth-order valence-corrected chi connectivity index (χ4v) is 2.81. The minimum Gasteiger partial charge on any atom is -0.323 e. The molecule has 0 bridgehead atoms. The van der Waals surface area contributed by atoms with Crippen LogP contribution < -0.4 is 10.2 Å². The molecule has 25 heavy (non-hydrogen) atoms. The first-order valence-corrected chi connectivity index (χ1v) is 8.25. The Morgan fingerprint density at radius 1 is 1.20 bits per heavy atom. The predicted molar refractivity (Wildman–Crippen MR) is 97.1 cm³/mol. The van der Waals surface area contributed by atoms with Gasteiger partial charge in [-0.25, -0.2) is 4.39 Å². The summed E-state index contributed by atoms with van der Waals surface area (Å²) < 4.78 is 13.1. The Morgan fingerprint density at radius 2 is 1.96 bits per heavy atom. The van der Waals surface area contributed by atoms with Crippen LogP contribution >= 0.6 is 11.6 Å². The minimum absolute atomic E-state index is 0.00890. The average molecular weight is 359 g/mol. The number of carbonyl (C=O) groups excluding carboxylic acids is 2. The first kappa shape index (κ1) is 17.2. The number of anilines is 2. The molecular weight excluding hydrogens is 343 g/mol. The molecule has 1 saturated heterocycles. The van der Waals surface area contributed by atoms with Crippen molar-refractivity contribution in [2.24, 2.45) is 0 Å². The molecule has 0 radical (unpaired) electrons. The Bertz CT molecular complexity index is 834. The van der Waals surface area contributed by atoms with E-state index in [-0.39, 0.29) is 16.8 Å². The topological polar surface area (TPSA) is 49.4 Å². The molecule has 0 aromatic heterocycles. The van der Waals surface area contributed by atoms with Crippen LogP contribution in [0, 0.1) is 5.82 Å². The van der Waals surface area contributed by atoms with Crippen LogP contribution in [0.3, 0.4) is 0 Å². The van der Waals surface area contributed by atoms with E-state index in [2.05, 4.69) is 5.32 Å². The first-order chi connectivity index (χ1) is 12.0. The zero-order valence-corrected chi connectivity index (χ0v) is 14.1. The summed E-state index contributed by atoms with van der Waals surface area (Å²) in [5.74, 6) is -0.692. The molecule has 1 aliphatic rings. The predicted octanol–water partition coefficient (Wildman–Crippen LogP) is 4.26. The maximum absolute atomic E-state index is 13.1. The number of carbonyl (C=O) groups is 2. The lowest BCUT2D eigenvalue weighted by molar-refractivity contribution is -0.117. The summed E-state index contributed by atoms with van der Waals surface area (Å²) in [4.78, 5) is 25.4. The normalized spacial score (nSPS) is 14.3. The Kier molecular flexibility index (Phi) is 5.14. The Labute approximate surface area is 149 Å². The van der Waals surface area contributed by atoms with Gasteiger partial charge in [-0.05, 0) is 54.5 Å². The van der Waals surface area contributed by atoms with E-state index in [1.165, 1.54) is 24.3 Å². The van der Waals surface area contributed by atoms with E-state index >= 15 is 0 Å². The van der Waals surface area contributed by atoms with Gasteiger partial charge in [-0.2, -0.15) is 0 Å². The lowest BCUT2D eigenvalue weighted by Crippen LogP contribution is -2.23. The maximum atomic E-state index is 13.1. The molecular formula is C19H16ClFN2O2. The maximum Gasteiger partial charge on any atom is 0.248 e. The molecule has 0 aliphatic carbocycles. The standard InChI is InChI=1S/C19H16ClFN2O2/c20-16-12-13(3-9-17(16)21)4-10-18(24)22-14-5-7-15(8-6-14)23-11-1-2-19(23)25/h3-10,12H,1-2,11H2,(H,22,24)/b10-4+. The fraction of sp³-hybridized carbons (Fsp3) is 0.158. The van der Waals surface area contributed by atoms with Crippen LogP contribution in [-0.4, -0.2) is 18.4 Å². The highest BCUT2D eigenvalue weighted by molar-refractivity contribution is 6.30. The zero-order valence-electron chi connectivity index (χ0n) is 13.3. The van der Waals surface area contributed by atoms with Gasteiger partial charge in [-0.1, -0.05) is 17.7 Å². The molecule has 128 valence electrons. The monoisotopic (exact) mass is 358 g/mol. The molecule has 1 heterocycles. The molecule has 0 saturated carbocycles. The average Bonchev–Trinajstić information content (AvgIpc) is 3.03. The van der Waals surface area contributed by atoms with Crippen LogP contribution in [-0.2, 0) is 9.59 Å². The zero-order chi connectivity index (χ0) is 17.8. The van der Waals surface area contributed by atoms with Crippen LogP contribution in [0.2, 0.25) is 5.02 Å². The quantitative estimate of drug-likeness (QED) is 0.830. The van der Waals surface area contributed by atoms with Gasteiger partial charge in [0.1, 0.15) is 5.82 Å². The summed E-state index contributed by atoms with van der Waals surface area (Å²) in [5, 5.41) is 2.74. The van der Waals surface area contributed by atoms with Crippen molar-refractivity contribution >= 4 is 40.9 Å². The number of halogens is 2. The summed E-state index contributed by atoms with van der Waals surface area (Å²) in [7, 11) is 0. The first-order valence-electron chi connectivity index (χ1n) is 7.87. The van der Waals surface area contributed by atoms with E-state index in [0.29, 0.717) is 17.7 Å². The molecule has 3 rings (SSSR count). The second kappa shape index (κ2) is 7.49. The third-order valence-electron chi connectivity index (χ3n) is 3.89. The van der Waals surface area contributed by atoms with Gasteiger partial charge in [0.05, 0.1) is 5.02 Å². The summed E-state index contributed by atoms with van der Waals surface area (Å²) >= 11 is 5.70. The fourth-order valence-electron chi connectivity index (χ4n) is 2.62. The van der Waals surface area contributed by atoms with E-state index in [1.807, 2.05) is 12.1 Å². The SMILES string of the molecule is O=C(/C=C/c1ccc(F)c(Cl)c1)Nc1ccc(N2CCCC2=O)cc1. The van der Waals surface area contributed by atoms with Crippen molar-refractivity contribution in [3.8, 4) is 0 Å². The number of nitrogens with one attached hydrogen (secondary N) is 1. The van der Waals surface area contributed by atoms with Crippen LogP contribution in [0.5, 0.6) is 0 Å². The molecule has 0 atom stereocenters. The van der Waals surface area contributed by atoms with Crippen molar-refractivity contribution in [3.63, 3.8) is 0 Å². The molecule has 0 unspecified atom stereocenters. The van der Waals surface area contributed by atoms with Crippen molar-refractivity contribution in [2.75, 3.05) is 16.8 Å². The van der Waals surface area contributed by atoms with Crippen LogP contribution in [0.25, 0.3) is 6.08 Å². The highest BCUT2D eigenvalue weighted by Crippen LogP contribution is 2.23. The second-order valence-electron chi connectivity index (χ2n) is 5.69. The van der Waals surface area contributed by atoms with E-state index in [1.54, 1.807) is 23.1 Å². The molecule has 1 N–H and O–H groups in total. The van der Waals surface area contributed by atoms with E-state index in [4.69, 9.17) is 11.6 Å². The lowest BCUT2D eigenvalue weighted by atomic mass is 10.2. The highest BCUT2D eigenvalue weighted by Gasteiger charge is 2.21. The van der Waals surface area contributed by atoms with Crippen molar-refractivity contribution in [1.82, 2.24) is 0 Å². The van der Waals surface area contributed by atoms with E-state index < -0.39 is 5.82 Å². The van der Waals surface area contributed by atoms with Gasteiger partial charge < -0.3 is 10.2 Å². The molecule has 2 aromatic rings. The summed E-state index contributed by atoms with van der Waals surface area (Å²) in [5.41, 5.74) is 2.09. The number of nitrogens with zero attached hydrogens (tertiary/aromatic N) is 1. The van der Waals surface area contributed by atoms with Gasteiger partial charge in [0.15, 0.2) is 0 Å². The number of hydrogen-bond donors (Lipinski definition) is 1. The van der Waals surface area contributed by atoms with Gasteiger partial charge in [0.2, 0.25) is 11.8 Å². The van der Waals surface area contributed by atoms with Gasteiger partial charge >= 0.3 is 0 Å². The second-order valence-corrected chi connectivity index (χ2v) is 6.10. The van der Waals surface area contributed by atoms with E-state index in [9.17, 15) is 14.0 Å². The lowest BCUT2D eigenvalue weighted by Gasteiger charge is -2.15. The Morgan fingerprint density at radius 3 is 2.60 bits per heavy atom. The molecule has 6 heteroatoms. The molecule has 0 spiro atoms. The number of amides is 2. The molecule has 2 aromatic carbocycles. The smallest absolute Gasteiger partial charge is 0.248 e. The van der Waals surface area contributed by atoms with Crippen molar-refractivity contribution in [3.05, 3.63) is 64.9 Å². The highest BCUT2D eigenvalue weighted by atomic mass is 35.5. The molecule has 1 aliphatic heterocycles. The molecule has 2 amide bonds. The van der Waals surface area contributed by atoms with Crippen LogP contribution in [0.15, 0.2) is 48.5 Å². The largest absolute Gasteiger partial charge is 0.323 e. The van der Waals surface area contributed by atoms with Crippen LogP contribution in [0.4, 0.5) is 15.8 Å². The third-order valence-corrected chi connectivity index (χ3v) is 4.18. The minimum atomic E-state index is -0.500. The summed E-state index contributed by atoms with van der Waals surface area (Å²) in [6, 6.07) is 11.3. The Hall–Kier alpha value is -2.66. The van der Waals surface area contributed by atoms with Gasteiger partial charge in [-0.3, -0.25) is 9.59 Å². The van der Waals surface area contributed by atoms with Gasteiger partial charge in [0.25, 0.3) is 0 Å². The Balaban J connectivity index is 1.61. The molecule has 1 fully saturated rings. The third kappa shape index (κ3) is 4.25. The summed E-state index contributed by atoms with van der Waals surface area (Å²) in [6.45, 7) is 0.730. The van der Waals surface area contributed by atoms with Crippen LogP contribution in [0.1, 0.15) is 18.4 Å². The van der Waals surface area contributed by atoms with Gasteiger partial charge in [-0.15, -0.1) is 0 Å². The van der Waals surface area contributed by atoms with E-state index in [0.717, 1.165) is 18.7 Å².